The Morgan fingerprint density at radius 2 is 1.46 bits per heavy atom. The van der Waals surface area contributed by atoms with Crippen LogP contribution in [0, 0.1) is 6.92 Å². The Hall–Kier alpha value is -0.420. The van der Waals surface area contributed by atoms with Crippen molar-refractivity contribution in [2.45, 2.75) is 37.5 Å². The third-order valence-electron chi connectivity index (χ3n) is 1.45. The summed E-state index contributed by atoms with van der Waals surface area (Å²) in [4.78, 5) is 0. The summed E-state index contributed by atoms with van der Waals surface area (Å²) in [5.41, 5.74) is 0. The van der Waals surface area contributed by atoms with Crippen LogP contribution in [0.15, 0.2) is 0 Å². The van der Waals surface area contributed by atoms with E-state index in [-0.39, 0.29) is 0 Å². The third kappa shape index (κ3) is 5.00. The summed E-state index contributed by atoms with van der Waals surface area (Å²) in [6.45, 7) is 2.86. The Morgan fingerprint density at radius 3 is 1.77 bits per heavy atom. The van der Waals surface area contributed by atoms with Gasteiger partial charge in [-0.3, -0.25) is 0 Å². The van der Waals surface area contributed by atoms with Crippen molar-refractivity contribution in [3.63, 3.8) is 0 Å². The van der Waals surface area contributed by atoms with Crippen molar-refractivity contribution in [2.24, 2.45) is 0 Å². The first-order chi connectivity index (χ1) is 5.69. The molecule has 0 saturated heterocycles. The van der Waals surface area contributed by atoms with E-state index in [9.17, 15) is 26.3 Å². The molecule has 0 unspecified atom stereocenters. The number of alkyl halides is 6. The fraction of sp³-hybridized carbons (Fsp3) is 0.857. The first-order valence-electron chi connectivity index (χ1n) is 3.57. The summed E-state index contributed by atoms with van der Waals surface area (Å²) in [6, 6.07) is 0. The highest BCUT2D eigenvalue weighted by atomic mass is 19.4. The van der Waals surface area contributed by atoms with Gasteiger partial charge >= 0.3 is 6.18 Å². The van der Waals surface area contributed by atoms with Gasteiger partial charge in [-0.2, -0.15) is 13.2 Å². The minimum absolute atomic E-state index is 0.731. The number of hydrogen-bond donors (Lipinski definition) is 0. The maximum Gasteiger partial charge on any atom is 0.389 e. The second-order valence-electron chi connectivity index (χ2n) is 2.63. The molecule has 1 atom stereocenters. The topological polar surface area (TPSA) is 0 Å². The SMILES string of the molecule is [CH2]C[C@H](F)C(F)(F)CCC(F)(F)F. The lowest BCUT2D eigenvalue weighted by Gasteiger charge is -2.19. The van der Waals surface area contributed by atoms with Crippen LogP contribution >= 0.6 is 0 Å². The van der Waals surface area contributed by atoms with Crippen LogP contribution < -0.4 is 0 Å². The number of rotatable bonds is 4. The van der Waals surface area contributed by atoms with Gasteiger partial charge < -0.3 is 0 Å². The largest absolute Gasteiger partial charge is 0.389 e. The maximum atomic E-state index is 12.4. The van der Waals surface area contributed by atoms with Crippen LogP contribution in [0.25, 0.3) is 0 Å². The molecule has 0 nitrogen and oxygen atoms in total. The highest BCUT2D eigenvalue weighted by Gasteiger charge is 2.42. The van der Waals surface area contributed by atoms with Crippen molar-refractivity contribution in [1.29, 1.82) is 0 Å². The van der Waals surface area contributed by atoms with Gasteiger partial charge in [0.15, 0.2) is 6.17 Å². The van der Waals surface area contributed by atoms with E-state index in [0.717, 1.165) is 0 Å². The lowest BCUT2D eigenvalue weighted by Crippen LogP contribution is -2.31. The van der Waals surface area contributed by atoms with Crippen molar-refractivity contribution in [3.8, 4) is 0 Å². The van der Waals surface area contributed by atoms with Crippen LogP contribution in [-0.2, 0) is 0 Å². The van der Waals surface area contributed by atoms with Gasteiger partial charge in [-0.05, 0) is 6.42 Å². The van der Waals surface area contributed by atoms with Crippen molar-refractivity contribution >= 4 is 0 Å². The lowest BCUT2D eigenvalue weighted by atomic mass is 10.1. The van der Waals surface area contributed by atoms with E-state index in [2.05, 4.69) is 6.92 Å². The normalized spacial score (nSPS) is 15.9. The Kier molecular flexibility index (Phi) is 4.06. The molecule has 1 radical (unpaired) electrons. The molecule has 79 valence electrons. The second-order valence-corrected chi connectivity index (χ2v) is 2.63. The summed E-state index contributed by atoms with van der Waals surface area (Å²) in [5, 5.41) is 0. The molecule has 13 heavy (non-hydrogen) atoms. The van der Waals surface area contributed by atoms with Crippen molar-refractivity contribution in [2.75, 3.05) is 0 Å². The van der Waals surface area contributed by atoms with Crippen molar-refractivity contribution < 1.29 is 26.3 Å². The Morgan fingerprint density at radius 1 is 1.00 bits per heavy atom. The zero-order valence-electron chi connectivity index (χ0n) is 6.67. The van der Waals surface area contributed by atoms with Crippen LogP contribution in [0.5, 0.6) is 0 Å². The molecule has 0 amide bonds. The van der Waals surface area contributed by atoms with E-state index >= 15 is 0 Å². The predicted octanol–water partition coefficient (Wildman–Crippen LogP) is 3.53. The van der Waals surface area contributed by atoms with Crippen LogP contribution in [0.2, 0.25) is 0 Å². The quantitative estimate of drug-likeness (QED) is 0.618. The summed E-state index contributed by atoms with van der Waals surface area (Å²) in [5.74, 6) is -3.93. The molecule has 0 bridgehead atoms. The minimum Gasteiger partial charge on any atom is -0.241 e. The molecule has 0 fully saturated rings. The molecule has 0 aromatic rings. The second kappa shape index (κ2) is 4.19. The highest BCUT2D eigenvalue weighted by Crippen LogP contribution is 2.33. The molecule has 0 aliphatic heterocycles. The molecule has 0 rings (SSSR count). The standard InChI is InChI=1S/C7H9F6/c1-2-5(8)6(9,10)3-4-7(11,12)13/h5H,1-4H2/t5-/m0/s1. The molecular formula is C7H9F6. The van der Waals surface area contributed by atoms with Gasteiger partial charge in [0.2, 0.25) is 0 Å². The van der Waals surface area contributed by atoms with E-state index < -0.39 is 37.5 Å². The average molecular weight is 207 g/mol. The van der Waals surface area contributed by atoms with Gasteiger partial charge in [0.25, 0.3) is 5.92 Å². The van der Waals surface area contributed by atoms with E-state index in [1.807, 2.05) is 0 Å². The average Bonchev–Trinajstić information content (AvgIpc) is 1.98. The Labute approximate surface area is 71.9 Å². The molecule has 0 spiro atoms. The number of hydrogen-bond acceptors (Lipinski definition) is 0. The Bertz CT molecular complexity index is 150. The van der Waals surface area contributed by atoms with Crippen molar-refractivity contribution in [3.05, 3.63) is 6.92 Å². The highest BCUT2D eigenvalue weighted by molar-refractivity contribution is 4.78. The summed E-state index contributed by atoms with van der Waals surface area (Å²) in [6.07, 6.45) is -11.2. The van der Waals surface area contributed by atoms with E-state index in [4.69, 9.17) is 0 Å². The van der Waals surface area contributed by atoms with E-state index in [1.165, 1.54) is 0 Å². The first kappa shape index (κ1) is 12.6. The summed E-state index contributed by atoms with van der Waals surface area (Å²) >= 11 is 0. The molecule has 0 N–H and O–H groups in total. The molecule has 0 saturated carbocycles. The van der Waals surface area contributed by atoms with Gasteiger partial charge in [0.1, 0.15) is 0 Å². The molecule has 0 aromatic heterocycles. The van der Waals surface area contributed by atoms with Gasteiger partial charge in [0.05, 0.1) is 0 Å². The zero-order valence-corrected chi connectivity index (χ0v) is 6.67. The fourth-order valence-corrected chi connectivity index (χ4v) is 0.676. The van der Waals surface area contributed by atoms with Gasteiger partial charge in [-0.25, -0.2) is 13.2 Å². The van der Waals surface area contributed by atoms with Crippen LogP contribution in [0.4, 0.5) is 26.3 Å². The van der Waals surface area contributed by atoms with E-state index in [0.29, 0.717) is 0 Å². The Balaban J connectivity index is 4.03. The summed E-state index contributed by atoms with van der Waals surface area (Å²) in [7, 11) is 0. The summed E-state index contributed by atoms with van der Waals surface area (Å²) < 4.78 is 71.6. The minimum atomic E-state index is -4.68. The maximum absolute atomic E-state index is 12.4. The van der Waals surface area contributed by atoms with Crippen molar-refractivity contribution in [1.82, 2.24) is 0 Å². The van der Waals surface area contributed by atoms with Crippen LogP contribution in [-0.4, -0.2) is 18.3 Å². The zero-order chi connectivity index (χ0) is 10.7. The molecule has 0 aliphatic carbocycles. The predicted molar refractivity (Wildman–Crippen MR) is 35.1 cm³/mol. The molecule has 0 aromatic carbocycles. The van der Waals surface area contributed by atoms with E-state index in [1.54, 1.807) is 0 Å². The van der Waals surface area contributed by atoms with Gasteiger partial charge in [0, 0.05) is 12.8 Å². The smallest absolute Gasteiger partial charge is 0.241 e. The van der Waals surface area contributed by atoms with Crippen LogP contribution in [0.3, 0.4) is 0 Å². The lowest BCUT2D eigenvalue weighted by molar-refractivity contribution is -0.161. The monoisotopic (exact) mass is 207 g/mol. The van der Waals surface area contributed by atoms with Gasteiger partial charge in [-0.15, -0.1) is 0 Å². The van der Waals surface area contributed by atoms with Crippen LogP contribution in [0.1, 0.15) is 19.3 Å². The first-order valence-corrected chi connectivity index (χ1v) is 3.57. The third-order valence-corrected chi connectivity index (χ3v) is 1.45. The van der Waals surface area contributed by atoms with Gasteiger partial charge in [-0.1, -0.05) is 6.92 Å². The fourth-order valence-electron chi connectivity index (χ4n) is 0.676. The molecule has 0 aliphatic rings. The molecule has 0 heterocycles. The number of halogens is 6. The molecule has 6 heteroatoms. The molecular weight excluding hydrogens is 198 g/mol.